The highest BCUT2D eigenvalue weighted by Crippen LogP contribution is 2.15. The van der Waals surface area contributed by atoms with E-state index in [1.807, 2.05) is 48.7 Å². The van der Waals surface area contributed by atoms with Gasteiger partial charge in [-0.2, -0.15) is 0 Å². The van der Waals surface area contributed by atoms with Gasteiger partial charge in [-0.3, -0.25) is 4.79 Å². The fourth-order valence-electron chi connectivity index (χ4n) is 1.83. The first-order chi connectivity index (χ1) is 10.1. The van der Waals surface area contributed by atoms with Gasteiger partial charge in [-0.05, 0) is 48.1 Å². The lowest BCUT2D eigenvalue weighted by Crippen LogP contribution is -2.07. The minimum absolute atomic E-state index is 0.0983. The van der Waals surface area contributed by atoms with E-state index >= 15 is 0 Å². The molecule has 3 heteroatoms. The summed E-state index contributed by atoms with van der Waals surface area (Å²) in [7, 11) is 0. The molecule has 108 valence electrons. The Morgan fingerprint density at radius 3 is 2.57 bits per heavy atom. The molecule has 0 radical (unpaired) electrons. The van der Waals surface area contributed by atoms with Crippen LogP contribution >= 0.6 is 11.8 Å². The molecule has 0 aliphatic carbocycles. The molecule has 2 aromatic carbocycles. The van der Waals surface area contributed by atoms with Crippen molar-refractivity contribution in [3.8, 4) is 0 Å². The molecule has 0 atom stereocenters. The molecular weight excluding hydrogens is 278 g/mol. The summed E-state index contributed by atoms with van der Waals surface area (Å²) in [6, 6.07) is 16.1. The van der Waals surface area contributed by atoms with E-state index in [0.29, 0.717) is 0 Å². The van der Waals surface area contributed by atoms with Crippen molar-refractivity contribution in [2.24, 2.45) is 0 Å². The summed E-state index contributed by atoms with van der Waals surface area (Å²) in [5.74, 6) is 0.771. The number of benzene rings is 2. The van der Waals surface area contributed by atoms with Crippen molar-refractivity contribution in [2.75, 3.05) is 5.32 Å². The first-order valence-corrected chi connectivity index (χ1v) is 7.90. The van der Waals surface area contributed by atoms with Crippen molar-refractivity contribution in [3.63, 3.8) is 0 Å². The molecule has 2 aromatic rings. The summed E-state index contributed by atoms with van der Waals surface area (Å²) in [5, 5.41) is 4.71. The van der Waals surface area contributed by atoms with E-state index in [-0.39, 0.29) is 5.91 Å². The predicted molar refractivity (Wildman–Crippen MR) is 91.4 cm³/mol. The number of carbonyl (C=O) groups is 1. The highest BCUT2D eigenvalue weighted by molar-refractivity contribution is 8.01. The number of rotatable bonds is 5. The van der Waals surface area contributed by atoms with Crippen molar-refractivity contribution in [2.45, 2.75) is 19.6 Å². The minimum Gasteiger partial charge on any atom is -0.322 e. The highest BCUT2D eigenvalue weighted by atomic mass is 32.2. The Morgan fingerprint density at radius 2 is 1.86 bits per heavy atom. The molecule has 2 nitrogen and oxygen atoms in total. The maximum atomic E-state index is 11.8. The number of thioether (sulfide) groups is 1. The third-order valence-electron chi connectivity index (χ3n) is 3.18. The van der Waals surface area contributed by atoms with E-state index in [9.17, 15) is 4.79 Å². The van der Waals surface area contributed by atoms with Gasteiger partial charge in [-0.25, -0.2) is 0 Å². The molecule has 0 spiro atoms. The van der Waals surface area contributed by atoms with E-state index in [1.54, 1.807) is 17.8 Å². The molecule has 1 N–H and O–H groups in total. The molecule has 0 aromatic heterocycles. The number of hydrogen-bond donors (Lipinski definition) is 1. The molecular formula is C18H19NOS. The van der Waals surface area contributed by atoms with Crippen LogP contribution in [0, 0.1) is 13.8 Å². The number of hydrogen-bond acceptors (Lipinski definition) is 2. The molecule has 1 amide bonds. The van der Waals surface area contributed by atoms with Gasteiger partial charge in [0.25, 0.3) is 0 Å². The second-order valence-electron chi connectivity index (χ2n) is 4.89. The van der Waals surface area contributed by atoms with Gasteiger partial charge in [0, 0.05) is 17.5 Å². The van der Waals surface area contributed by atoms with Crippen molar-refractivity contribution in [1.29, 1.82) is 0 Å². The number of carbonyl (C=O) groups excluding carboxylic acids is 1. The maximum absolute atomic E-state index is 11.8. The number of amides is 1. The minimum atomic E-state index is -0.0983. The van der Waals surface area contributed by atoms with Crippen LogP contribution in [0.2, 0.25) is 0 Å². The summed E-state index contributed by atoms with van der Waals surface area (Å²) in [4.78, 5) is 11.8. The Morgan fingerprint density at radius 1 is 1.10 bits per heavy atom. The lowest BCUT2D eigenvalue weighted by molar-refractivity contribution is -0.111. The average molecular weight is 297 g/mol. The summed E-state index contributed by atoms with van der Waals surface area (Å²) in [6.07, 6.45) is 1.57. The van der Waals surface area contributed by atoms with Crippen LogP contribution in [0.1, 0.15) is 16.7 Å². The Labute approximate surface area is 130 Å². The molecule has 0 saturated heterocycles. The zero-order valence-corrected chi connectivity index (χ0v) is 13.1. The molecule has 0 aliphatic heterocycles. The fraction of sp³-hybridized carbons (Fsp3) is 0.167. The second kappa shape index (κ2) is 7.70. The smallest absolute Gasteiger partial charge is 0.248 e. The monoisotopic (exact) mass is 297 g/mol. The van der Waals surface area contributed by atoms with Crippen LogP contribution < -0.4 is 5.32 Å². The number of aryl methyl sites for hydroxylation is 2. The van der Waals surface area contributed by atoms with Crippen LogP contribution in [0.25, 0.3) is 0 Å². The van der Waals surface area contributed by atoms with Crippen molar-refractivity contribution in [3.05, 3.63) is 76.7 Å². The number of nitrogens with one attached hydrogen (secondary N) is 1. The van der Waals surface area contributed by atoms with Crippen molar-refractivity contribution in [1.82, 2.24) is 0 Å². The molecule has 0 heterocycles. The molecule has 0 aliphatic rings. The zero-order chi connectivity index (χ0) is 15.1. The molecule has 0 bridgehead atoms. The van der Waals surface area contributed by atoms with Gasteiger partial charge in [0.1, 0.15) is 0 Å². The van der Waals surface area contributed by atoms with E-state index in [1.165, 1.54) is 16.7 Å². The van der Waals surface area contributed by atoms with Gasteiger partial charge < -0.3 is 5.32 Å². The standard InChI is InChI=1S/C18H19NOS/c1-14-8-9-17(12-15(14)2)19-18(20)10-11-21-13-16-6-4-3-5-7-16/h3-12H,13H2,1-2H3,(H,19,20). The normalized spacial score (nSPS) is 10.8. The molecule has 0 saturated carbocycles. The van der Waals surface area contributed by atoms with Crippen LogP contribution in [0.5, 0.6) is 0 Å². The van der Waals surface area contributed by atoms with Gasteiger partial charge in [0.2, 0.25) is 5.91 Å². The van der Waals surface area contributed by atoms with E-state index < -0.39 is 0 Å². The van der Waals surface area contributed by atoms with Crippen molar-refractivity contribution < 1.29 is 4.79 Å². The van der Waals surface area contributed by atoms with Crippen LogP contribution in [0.4, 0.5) is 5.69 Å². The SMILES string of the molecule is Cc1ccc(NC(=O)C=CSCc2ccccc2)cc1C. The summed E-state index contributed by atoms with van der Waals surface area (Å²) >= 11 is 1.61. The third kappa shape index (κ3) is 5.12. The van der Waals surface area contributed by atoms with Gasteiger partial charge in [0.15, 0.2) is 0 Å². The Kier molecular flexibility index (Phi) is 5.64. The van der Waals surface area contributed by atoms with Crippen LogP contribution in [-0.4, -0.2) is 5.91 Å². The maximum Gasteiger partial charge on any atom is 0.248 e. The third-order valence-corrected chi connectivity index (χ3v) is 4.01. The quantitative estimate of drug-likeness (QED) is 0.811. The molecule has 2 rings (SSSR count). The Bertz CT molecular complexity index is 635. The van der Waals surface area contributed by atoms with Gasteiger partial charge in [-0.1, -0.05) is 36.4 Å². The van der Waals surface area contributed by atoms with Crippen LogP contribution in [0.15, 0.2) is 60.0 Å². The predicted octanol–water partition coefficient (Wildman–Crippen LogP) is 4.69. The van der Waals surface area contributed by atoms with E-state index in [2.05, 4.69) is 24.4 Å². The van der Waals surface area contributed by atoms with E-state index in [4.69, 9.17) is 0 Å². The zero-order valence-electron chi connectivity index (χ0n) is 12.3. The van der Waals surface area contributed by atoms with Gasteiger partial charge in [0.05, 0.1) is 0 Å². The highest BCUT2D eigenvalue weighted by Gasteiger charge is 1.99. The first-order valence-electron chi connectivity index (χ1n) is 6.85. The number of anilines is 1. The first kappa shape index (κ1) is 15.4. The topological polar surface area (TPSA) is 29.1 Å². The Balaban J connectivity index is 1.81. The molecule has 21 heavy (non-hydrogen) atoms. The van der Waals surface area contributed by atoms with E-state index in [0.717, 1.165) is 11.4 Å². The van der Waals surface area contributed by atoms with Crippen LogP contribution in [0.3, 0.4) is 0 Å². The van der Waals surface area contributed by atoms with Gasteiger partial charge >= 0.3 is 0 Å². The fourth-order valence-corrected chi connectivity index (χ4v) is 2.53. The van der Waals surface area contributed by atoms with Crippen molar-refractivity contribution >= 4 is 23.4 Å². The van der Waals surface area contributed by atoms with Gasteiger partial charge in [-0.15, -0.1) is 11.8 Å². The summed E-state index contributed by atoms with van der Waals surface area (Å²) in [5.41, 5.74) is 4.49. The Hall–Kier alpha value is -2.00. The summed E-state index contributed by atoms with van der Waals surface area (Å²) in [6.45, 7) is 4.09. The molecule has 0 fully saturated rings. The lowest BCUT2D eigenvalue weighted by atomic mass is 10.1. The summed E-state index contributed by atoms with van der Waals surface area (Å²) < 4.78 is 0. The molecule has 0 unspecified atom stereocenters. The lowest BCUT2D eigenvalue weighted by Gasteiger charge is -2.05. The van der Waals surface area contributed by atoms with Crippen LogP contribution in [-0.2, 0) is 10.5 Å². The average Bonchev–Trinajstić information content (AvgIpc) is 2.49. The largest absolute Gasteiger partial charge is 0.322 e. The second-order valence-corrected chi connectivity index (χ2v) is 5.78.